The fourth-order valence-electron chi connectivity index (χ4n) is 1.71. The Kier molecular flexibility index (Phi) is 6.15. The highest BCUT2D eigenvalue weighted by atomic mass is 32.1. The van der Waals surface area contributed by atoms with E-state index in [1.54, 1.807) is 30.3 Å². The van der Waals surface area contributed by atoms with Crippen LogP contribution in [0.15, 0.2) is 11.4 Å². The van der Waals surface area contributed by atoms with Gasteiger partial charge in [0.05, 0.1) is 25.1 Å². The van der Waals surface area contributed by atoms with Crippen LogP contribution in [-0.4, -0.2) is 44.0 Å². The molecule has 20 heavy (non-hydrogen) atoms. The third-order valence-corrected chi connectivity index (χ3v) is 3.47. The molecule has 0 radical (unpaired) electrons. The largest absolute Gasteiger partial charge is 0.469 e. The molecule has 108 valence electrons. The smallest absolute Gasteiger partial charge is 0.309 e. The van der Waals surface area contributed by atoms with Gasteiger partial charge >= 0.3 is 5.97 Å². The molecule has 0 bridgehead atoms. The SMILES string of the molecule is COC(=O)C(C)CN(C)CC(=O)Nc1sccc1C#N. The molecule has 1 amide bonds. The predicted octanol–water partition coefficient (Wildman–Crippen LogP) is 1.30. The van der Waals surface area contributed by atoms with Gasteiger partial charge in [-0.15, -0.1) is 11.3 Å². The molecule has 6 nitrogen and oxygen atoms in total. The van der Waals surface area contributed by atoms with Crippen molar-refractivity contribution < 1.29 is 14.3 Å². The minimum atomic E-state index is -0.303. The van der Waals surface area contributed by atoms with E-state index >= 15 is 0 Å². The van der Waals surface area contributed by atoms with Crippen molar-refractivity contribution in [2.24, 2.45) is 5.92 Å². The fraction of sp³-hybridized carbons (Fsp3) is 0.462. The number of hydrogen-bond acceptors (Lipinski definition) is 6. The van der Waals surface area contributed by atoms with Gasteiger partial charge in [0, 0.05) is 6.54 Å². The van der Waals surface area contributed by atoms with Gasteiger partial charge in [0.15, 0.2) is 0 Å². The van der Waals surface area contributed by atoms with Gasteiger partial charge in [-0.05, 0) is 18.5 Å². The van der Waals surface area contributed by atoms with Gasteiger partial charge < -0.3 is 10.1 Å². The third kappa shape index (κ3) is 4.64. The molecule has 0 aliphatic rings. The normalized spacial score (nSPS) is 11.8. The molecule has 1 heterocycles. The van der Waals surface area contributed by atoms with Crippen molar-refractivity contribution in [2.45, 2.75) is 6.92 Å². The van der Waals surface area contributed by atoms with E-state index in [1.165, 1.54) is 18.4 Å². The average Bonchev–Trinajstić information content (AvgIpc) is 2.84. The summed E-state index contributed by atoms with van der Waals surface area (Å²) >= 11 is 1.30. The number of carbonyl (C=O) groups excluding carboxylic acids is 2. The van der Waals surface area contributed by atoms with Crippen LogP contribution in [0.25, 0.3) is 0 Å². The summed E-state index contributed by atoms with van der Waals surface area (Å²) in [4.78, 5) is 24.9. The zero-order valence-corrected chi connectivity index (χ0v) is 12.5. The Morgan fingerprint density at radius 1 is 1.60 bits per heavy atom. The zero-order chi connectivity index (χ0) is 15.1. The van der Waals surface area contributed by atoms with Crippen LogP contribution in [0.1, 0.15) is 12.5 Å². The quantitative estimate of drug-likeness (QED) is 0.800. The molecule has 0 saturated carbocycles. The summed E-state index contributed by atoms with van der Waals surface area (Å²) in [5, 5.41) is 13.8. The van der Waals surface area contributed by atoms with Crippen LogP contribution in [0.4, 0.5) is 5.00 Å². The van der Waals surface area contributed by atoms with Crippen LogP contribution in [0.2, 0.25) is 0 Å². The molecule has 1 atom stereocenters. The fourth-order valence-corrected chi connectivity index (χ4v) is 2.47. The summed E-state index contributed by atoms with van der Waals surface area (Å²) in [5.41, 5.74) is 0.453. The van der Waals surface area contributed by atoms with E-state index in [0.29, 0.717) is 17.1 Å². The van der Waals surface area contributed by atoms with Crippen LogP contribution in [0.5, 0.6) is 0 Å². The second kappa shape index (κ2) is 7.62. The van der Waals surface area contributed by atoms with Crippen LogP contribution in [-0.2, 0) is 14.3 Å². The van der Waals surface area contributed by atoms with E-state index in [2.05, 4.69) is 10.1 Å². The van der Waals surface area contributed by atoms with Gasteiger partial charge in [0.2, 0.25) is 5.91 Å². The molecule has 0 saturated heterocycles. The Labute approximate surface area is 121 Å². The molecule has 1 unspecified atom stereocenters. The van der Waals surface area contributed by atoms with Gasteiger partial charge in [-0.3, -0.25) is 14.5 Å². The number of nitrogens with one attached hydrogen (secondary N) is 1. The summed E-state index contributed by atoms with van der Waals surface area (Å²) in [7, 11) is 3.09. The first-order valence-electron chi connectivity index (χ1n) is 6.01. The van der Waals surface area contributed by atoms with E-state index in [4.69, 9.17) is 5.26 Å². The number of nitriles is 1. The minimum absolute atomic E-state index is 0.143. The van der Waals surface area contributed by atoms with Crippen molar-refractivity contribution in [3.63, 3.8) is 0 Å². The van der Waals surface area contributed by atoms with E-state index < -0.39 is 0 Å². The Balaban J connectivity index is 2.46. The number of thiophene rings is 1. The Morgan fingerprint density at radius 3 is 2.90 bits per heavy atom. The lowest BCUT2D eigenvalue weighted by molar-refractivity contribution is -0.145. The lowest BCUT2D eigenvalue weighted by atomic mass is 10.2. The topological polar surface area (TPSA) is 82.4 Å². The number of ether oxygens (including phenoxy) is 1. The van der Waals surface area contributed by atoms with E-state index in [1.807, 2.05) is 6.07 Å². The molecular formula is C13H17N3O3S. The second-order valence-electron chi connectivity index (χ2n) is 4.44. The number of rotatable bonds is 6. The molecule has 1 N–H and O–H groups in total. The van der Waals surface area contributed by atoms with E-state index in [-0.39, 0.29) is 24.3 Å². The zero-order valence-electron chi connectivity index (χ0n) is 11.7. The maximum atomic E-state index is 11.8. The molecule has 0 spiro atoms. The summed E-state index contributed by atoms with van der Waals surface area (Å²) in [6.45, 7) is 2.31. The molecule has 0 aromatic carbocycles. The van der Waals surface area contributed by atoms with Gasteiger partial charge in [-0.1, -0.05) is 6.92 Å². The number of hydrogen-bond donors (Lipinski definition) is 1. The molecule has 7 heteroatoms. The van der Waals surface area contributed by atoms with Crippen molar-refractivity contribution in [1.82, 2.24) is 4.90 Å². The first-order chi connectivity index (χ1) is 9.47. The molecule has 1 aromatic rings. The monoisotopic (exact) mass is 295 g/mol. The highest BCUT2D eigenvalue weighted by Gasteiger charge is 2.17. The first-order valence-corrected chi connectivity index (χ1v) is 6.89. The standard InChI is InChI=1S/C13H17N3O3S/c1-9(13(18)19-3)7-16(2)8-11(17)15-12-10(6-14)4-5-20-12/h4-5,9H,7-8H2,1-3H3,(H,15,17). The summed E-state index contributed by atoms with van der Waals surface area (Å²) < 4.78 is 4.63. The Bertz CT molecular complexity index is 521. The van der Waals surface area contributed by atoms with Crippen LogP contribution >= 0.6 is 11.3 Å². The first kappa shape index (κ1) is 16.1. The van der Waals surface area contributed by atoms with Crippen LogP contribution < -0.4 is 5.32 Å². The average molecular weight is 295 g/mol. The number of amides is 1. The van der Waals surface area contributed by atoms with Crippen molar-refractivity contribution in [1.29, 1.82) is 5.26 Å². The maximum Gasteiger partial charge on any atom is 0.309 e. The van der Waals surface area contributed by atoms with E-state index in [9.17, 15) is 9.59 Å². The minimum Gasteiger partial charge on any atom is -0.469 e. The van der Waals surface area contributed by atoms with Crippen molar-refractivity contribution in [2.75, 3.05) is 32.6 Å². The number of carbonyl (C=O) groups is 2. The molecule has 0 aliphatic heterocycles. The van der Waals surface area contributed by atoms with Crippen LogP contribution in [0, 0.1) is 17.2 Å². The molecule has 0 aliphatic carbocycles. The predicted molar refractivity (Wildman–Crippen MR) is 76.3 cm³/mol. The summed E-state index contributed by atoms with van der Waals surface area (Å²) in [5.74, 6) is -0.819. The van der Waals surface area contributed by atoms with Crippen molar-refractivity contribution >= 4 is 28.2 Å². The third-order valence-electron chi connectivity index (χ3n) is 2.64. The highest BCUT2D eigenvalue weighted by molar-refractivity contribution is 7.14. The Morgan fingerprint density at radius 2 is 2.30 bits per heavy atom. The molecule has 0 fully saturated rings. The van der Waals surface area contributed by atoms with Crippen LogP contribution in [0.3, 0.4) is 0 Å². The highest BCUT2D eigenvalue weighted by Crippen LogP contribution is 2.21. The van der Waals surface area contributed by atoms with E-state index in [0.717, 1.165) is 0 Å². The Hall–Kier alpha value is -1.91. The van der Waals surface area contributed by atoms with Crippen molar-refractivity contribution in [3.05, 3.63) is 17.0 Å². The number of likely N-dealkylation sites (N-methyl/N-ethyl adjacent to an activating group) is 1. The summed E-state index contributed by atoms with van der Waals surface area (Å²) in [6, 6.07) is 3.67. The summed E-state index contributed by atoms with van der Waals surface area (Å²) in [6.07, 6.45) is 0. The number of methoxy groups -OCH3 is 1. The van der Waals surface area contributed by atoms with Gasteiger partial charge in [-0.2, -0.15) is 5.26 Å². The second-order valence-corrected chi connectivity index (χ2v) is 5.36. The molecular weight excluding hydrogens is 278 g/mol. The lowest BCUT2D eigenvalue weighted by Crippen LogP contribution is -2.35. The lowest BCUT2D eigenvalue weighted by Gasteiger charge is -2.19. The van der Waals surface area contributed by atoms with Gasteiger partial charge in [0.25, 0.3) is 0 Å². The number of anilines is 1. The molecule has 1 rings (SSSR count). The van der Waals surface area contributed by atoms with Gasteiger partial charge in [-0.25, -0.2) is 0 Å². The maximum absolute atomic E-state index is 11.8. The van der Waals surface area contributed by atoms with Crippen molar-refractivity contribution in [3.8, 4) is 6.07 Å². The van der Waals surface area contributed by atoms with Gasteiger partial charge in [0.1, 0.15) is 11.1 Å². The number of esters is 1. The molecule has 1 aromatic heterocycles. The number of nitrogens with zero attached hydrogens (tertiary/aromatic N) is 2.